The minimum absolute atomic E-state index is 0.525. The van der Waals surface area contributed by atoms with Gasteiger partial charge in [0.05, 0.1) is 0 Å². The Morgan fingerprint density at radius 2 is 2.00 bits per heavy atom. The monoisotopic (exact) mass is 274 g/mol. The smallest absolute Gasteiger partial charge is 0.205 e. The minimum atomic E-state index is 0.525. The van der Waals surface area contributed by atoms with Crippen molar-refractivity contribution < 1.29 is 0 Å². The van der Waals surface area contributed by atoms with Gasteiger partial charge in [0.15, 0.2) is 0 Å². The first-order valence-corrected chi connectivity index (χ1v) is 7.61. The summed E-state index contributed by atoms with van der Waals surface area (Å²) in [5.74, 6) is 6.28. The Kier molecular flexibility index (Phi) is 5.87. The molecule has 0 bridgehead atoms. The van der Waals surface area contributed by atoms with Crippen LogP contribution in [0.1, 0.15) is 43.2 Å². The van der Waals surface area contributed by atoms with Crippen molar-refractivity contribution >= 4 is 5.96 Å². The highest BCUT2D eigenvalue weighted by Crippen LogP contribution is 2.17. The van der Waals surface area contributed by atoms with Crippen molar-refractivity contribution in [2.24, 2.45) is 10.8 Å². The van der Waals surface area contributed by atoms with Gasteiger partial charge in [-0.2, -0.15) is 0 Å². The van der Waals surface area contributed by atoms with Crippen LogP contribution in [0.25, 0.3) is 0 Å². The van der Waals surface area contributed by atoms with Crippen molar-refractivity contribution in [3.63, 3.8) is 0 Å². The highest BCUT2D eigenvalue weighted by molar-refractivity contribution is 5.79. The summed E-state index contributed by atoms with van der Waals surface area (Å²) < 4.78 is 0. The van der Waals surface area contributed by atoms with Gasteiger partial charge in [-0.25, -0.2) is 5.84 Å². The summed E-state index contributed by atoms with van der Waals surface area (Å²) in [6.45, 7) is 2.89. The lowest BCUT2D eigenvalue weighted by Gasteiger charge is -2.24. The second-order valence-electron chi connectivity index (χ2n) is 5.53. The average molecular weight is 274 g/mol. The van der Waals surface area contributed by atoms with Gasteiger partial charge in [0.2, 0.25) is 5.96 Å². The van der Waals surface area contributed by atoms with Gasteiger partial charge in [0.1, 0.15) is 0 Å². The number of hydrogen-bond acceptors (Lipinski definition) is 2. The molecule has 0 saturated heterocycles. The summed E-state index contributed by atoms with van der Waals surface area (Å²) in [6.07, 6.45) is 7.35. The molecule has 0 amide bonds. The number of hydrogen-bond donors (Lipinski definition) is 3. The predicted molar refractivity (Wildman–Crippen MR) is 84.5 cm³/mol. The zero-order chi connectivity index (χ0) is 14.2. The molecule has 0 spiro atoms. The van der Waals surface area contributed by atoms with Crippen LogP contribution >= 0.6 is 0 Å². The fourth-order valence-electron chi connectivity index (χ4n) is 2.75. The second-order valence-corrected chi connectivity index (χ2v) is 5.53. The molecule has 4 heteroatoms. The van der Waals surface area contributed by atoms with Gasteiger partial charge < -0.3 is 5.32 Å². The van der Waals surface area contributed by atoms with Crippen molar-refractivity contribution in [1.82, 2.24) is 10.7 Å². The molecule has 0 unspecified atom stereocenters. The Hall–Kier alpha value is -1.55. The standard InChI is InChI=1S/C16H26N4/c1-13-7-5-6-8-14(13)11-12-18-16(20-17)19-15-9-3-2-4-10-15/h5-8,15H,2-4,9-12,17H2,1H3,(H2,18,19,20). The van der Waals surface area contributed by atoms with Gasteiger partial charge in [-0.1, -0.05) is 43.5 Å². The van der Waals surface area contributed by atoms with Crippen molar-refractivity contribution in [3.05, 3.63) is 35.4 Å². The third kappa shape index (κ3) is 4.53. The van der Waals surface area contributed by atoms with Crippen LogP contribution in [0.3, 0.4) is 0 Å². The molecule has 110 valence electrons. The fraction of sp³-hybridized carbons (Fsp3) is 0.562. The topological polar surface area (TPSA) is 62.4 Å². The average Bonchev–Trinajstić information content (AvgIpc) is 2.49. The van der Waals surface area contributed by atoms with Crippen molar-refractivity contribution in [3.8, 4) is 0 Å². The number of guanidine groups is 1. The lowest BCUT2D eigenvalue weighted by molar-refractivity contribution is 0.410. The predicted octanol–water partition coefficient (Wildman–Crippen LogP) is 2.28. The third-order valence-corrected chi connectivity index (χ3v) is 4.00. The van der Waals surface area contributed by atoms with Gasteiger partial charge >= 0.3 is 0 Å². The first-order chi connectivity index (χ1) is 9.79. The molecule has 1 fully saturated rings. The molecule has 1 aliphatic rings. The zero-order valence-electron chi connectivity index (χ0n) is 12.4. The molecule has 0 aromatic heterocycles. The maximum Gasteiger partial charge on any atom is 0.205 e. The molecule has 0 atom stereocenters. The number of aliphatic imine (C=N–C) groups is 1. The third-order valence-electron chi connectivity index (χ3n) is 4.00. The van der Waals surface area contributed by atoms with Crippen LogP contribution in [-0.2, 0) is 6.42 Å². The van der Waals surface area contributed by atoms with E-state index in [-0.39, 0.29) is 0 Å². The number of aryl methyl sites for hydroxylation is 1. The molecule has 20 heavy (non-hydrogen) atoms. The van der Waals surface area contributed by atoms with Crippen LogP contribution in [-0.4, -0.2) is 18.5 Å². The van der Waals surface area contributed by atoms with Gasteiger partial charge in [0.25, 0.3) is 0 Å². The summed E-state index contributed by atoms with van der Waals surface area (Å²) in [6, 6.07) is 8.97. The summed E-state index contributed by atoms with van der Waals surface area (Å²) in [5.41, 5.74) is 5.37. The second kappa shape index (κ2) is 7.90. The molecule has 0 heterocycles. The molecule has 0 aliphatic heterocycles. The molecule has 1 aliphatic carbocycles. The van der Waals surface area contributed by atoms with Gasteiger partial charge in [-0.15, -0.1) is 0 Å². The number of hydrazine groups is 1. The Labute approximate surface area is 121 Å². The van der Waals surface area contributed by atoms with Crippen LogP contribution < -0.4 is 16.6 Å². The van der Waals surface area contributed by atoms with E-state index in [4.69, 9.17) is 5.84 Å². The number of nitrogens with one attached hydrogen (secondary N) is 2. The van der Waals surface area contributed by atoms with Crippen molar-refractivity contribution in [2.45, 2.75) is 51.5 Å². The van der Waals surface area contributed by atoms with Crippen LogP contribution in [0.5, 0.6) is 0 Å². The van der Waals surface area contributed by atoms with E-state index in [0.717, 1.165) is 18.9 Å². The first kappa shape index (κ1) is 14.9. The van der Waals surface area contributed by atoms with E-state index in [0.29, 0.717) is 6.04 Å². The molecule has 2 rings (SSSR count). The maximum absolute atomic E-state index is 5.56. The number of rotatable bonds is 4. The van der Waals surface area contributed by atoms with Crippen LogP contribution in [0.4, 0.5) is 0 Å². The summed E-state index contributed by atoms with van der Waals surface area (Å²) in [4.78, 5) is 4.54. The van der Waals surface area contributed by atoms with Gasteiger partial charge in [0, 0.05) is 12.6 Å². The van der Waals surface area contributed by atoms with E-state index >= 15 is 0 Å². The van der Waals surface area contributed by atoms with E-state index in [9.17, 15) is 0 Å². The van der Waals surface area contributed by atoms with Gasteiger partial charge in [-0.05, 0) is 37.3 Å². The van der Waals surface area contributed by atoms with E-state index in [1.165, 1.54) is 43.2 Å². The van der Waals surface area contributed by atoms with Crippen LogP contribution in [0.15, 0.2) is 29.3 Å². The molecule has 4 N–H and O–H groups in total. The van der Waals surface area contributed by atoms with E-state index in [2.05, 4.69) is 46.9 Å². The minimum Gasteiger partial charge on any atom is -0.353 e. The van der Waals surface area contributed by atoms with Crippen LogP contribution in [0, 0.1) is 6.92 Å². The van der Waals surface area contributed by atoms with Gasteiger partial charge in [-0.3, -0.25) is 10.4 Å². The molecule has 0 radical (unpaired) electrons. The van der Waals surface area contributed by atoms with E-state index in [1.807, 2.05) is 0 Å². The zero-order valence-corrected chi connectivity index (χ0v) is 12.4. The normalized spacial score (nSPS) is 17.0. The summed E-state index contributed by atoms with van der Waals surface area (Å²) >= 11 is 0. The Morgan fingerprint density at radius 1 is 1.25 bits per heavy atom. The molecular weight excluding hydrogens is 248 g/mol. The Balaban J connectivity index is 1.83. The molecule has 4 nitrogen and oxygen atoms in total. The first-order valence-electron chi connectivity index (χ1n) is 7.61. The summed E-state index contributed by atoms with van der Waals surface area (Å²) in [5, 5.41) is 3.42. The number of benzene rings is 1. The highest BCUT2D eigenvalue weighted by atomic mass is 15.3. The Morgan fingerprint density at radius 3 is 2.70 bits per heavy atom. The number of nitrogens with zero attached hydrogens (tertiary/aromatic N) is 1. The van der Waals surface area contributed by atoms with E-state index < -0.39 is 0 Å². The highest BCUT2D eigenvalue weighted by Gasteiger charge is 2.13. The molecular formula is C16H26N4. The van der Waals surface area contributed by atoms with E-state index in [1.54, 1.807) is 0 Å². The SMILES string of the molecule is Cc1ccccc1CCN=C(NN)NC1CCCCC1. The van der Waals surface area contributed by atoms with Crippen LogP contribution in [0.2, 0.25) is 0 Å². The number of nitrogens with two attached hydrogens (primary N) is 1. The Bertz CT molecular complexity index is 436. The quantitative estimate of drug-likeness (QED) is 0.342. The lowest BCUT2D eigenvalue weighted by Crippen LogP contribution is -2.47. The maximum atomic E-state index is 5.56. The largest absolute Gasteiger partial charge is 0.353 e. The van der Waals surface area contributed by atoms with Crippen molar-refractivity contribution in [2.75, 3.05) is 6.54 Å². The lowest BCUT2D eigenvalue weighted by atomic mass is 9.96. The molecule has 1 aromatic rings. The molecule has 1 saturated carbocycles. The van der Waals surface area contributed by atoms with Crippen molar-refractivity contribution in [1.29, 1.82) is 0 Å². The fourth-order valence-corrected chi connectivity index (χ4v) is 2.75. The summed E-state index contributed by atoms with van der Waals surface area (Å²) in [7, 11) is 0. The molecule has 1 aromatic carbocycles.